The van der Waals surface area contributed by atoms with Gasteiger partial charge in [-0.2, -0.15) is 0 Å². The van der Waals surface area contributed by atoms with Crippen molar-refractivity contribution in [2.75, 3.05) is 39.4 Å². The lowest BCUT2D eigenvalue weighted by Crippen LogP contribution is -2.56. The van der Waals surface area contributed by atoms with Crippen molar-refractivity contribution >= 4 is 11.8 Å². The van der Waals surface area contributed by atoms with Crippen molar-refractivity contribution < 1.29 is 14.3 Å². The molecule has 0 spiro atoms. The highest BCUT2D eigenvalue weighted by molar-refractivity contribution is 5.83. The van der Waals surface area contributed by atoms with Crippen molar-refractivity contribution in [3.63, 3.8) is 0 Å². The van der Waals surface area contributed by atoms with Gasteiger partial charge in [-0.3, -0.25) is 9.59 Å². The van der Waals surface area contributed by atoms with Crippen LogP contribution in [0.3, 0.4) is 0 Å². The zero-order valence-corrected chi connectivity index (χ0v) is 15.5. The Bertz CT molecular complexity index is 618. The maximum atomic E-state index is 12.7. The van der Waals surface area contributed by atoms with Gasteiger partial charge >= 0.3 is 0 Å². The largest absolute Gasteiger partial charge is 0.381 e. The van der Waals surface area contributed by atoms with Crippen LogP contribution in [0, 0.1) is 12.8 Å². The van der Waals surface area contributed by atoms with Crippen molar-refractivity contribution in [1.82, 2.24) is 9.80 Å². The standard InChI is InChI=1S/C20H29N3O3/c1-15-2-4-16(5-3-15)14-18(24)22-8-10-23(11-9-22)20(25)19(21)17-6-12-26-13-7-17/h2-5,17,19H,6-14,21H2,1H3. The Balaban J connectivity index is 1.47. The Hall–Kier alpha value is -1.92. The Morgan fingerprint density at radius 2 is 1.65 bits per heavy atom. The monoisotopic (exact) mass is 359 g/mol. The number of ether oxygens (including phenoxy) is 1. The van der Waals surface area contributed by atoms with Crippen LogP contribution in [0.25, 0.3) is 0 Å². The Labute approximate surface area is 155 Å². The number of hydrogen-bond acceptors (Lipinski definition) is 4. The van der Waals surface area contributed by atoms with Gasteiger partial charge in [0.15, 0.2) is 0 Å². The molecule has 1 atom stereocenters. The van der Waals surface area contributed by atoms with E-state index in [1.807, 2.05) is 41.0 Å². The molecule has 2 fully saturated rings. The van der Waals surface area contributed by atoms with Crippen LogP contribution in [0.5, 0.6) is 0 Å². The first kappa shape index (κ1) is 18.9. The molecule has 142 valence electrons. The van der Waals surface area contributed by atoms with Gasteiger partial charge in [-0.15, -0.1) is 0 Å². The number of rotatable bonds is 4. The molecule has 0 bridgehead atoms. The Kier molecular flexibility index (Phi) is 6.27. The molecule has 1 aromatic carbocycles. The van der Waals surface area contributed by atoms with Gasteiger partial charge in [0.05, 0.1) is 12.5 Å². The molecule has 0 aromatic heterocycles. The van der Waals surface area contributed by atoms with E-state index in [4.69, 9.17) is 10.5 Å². The highest BCUT2D eigenvalue weighted by atomic mass is 16.5. The smallest absolute Gasteiger partial charge is 0.239 e. The highest BCUT2D eigenvalue weighted by Gasteiger charge is 2.32. The first-order valence-corrected chi connectivity index (χ1v) is 9.50. The third kappa shape index (κ3) is 4.62. The van der Waals surface area contributed by atoms with Crippen LogP contribution in [0.4, 0.5) is 0 Å². The summed E-state index contributed by atoms with van der Waals surface area (Å²) in [5.41, 5.74) is 8.42. The van der Waals surface area contributed by atoms with E-state index < -0.39 is 6.04 Å². The number of amides is 2. The summed E-state index contributed by atoms with van der Waals surface area (Å²) in [6.45, 7) is 5.70. The number of aryl methyl sites for hydroxylation is 1. The maximum Gasteiger partial charge on any atom is 0.239 e. The second-order valence-electron chi connectivity index (χ2n) is 7.34. The van der Waals surface area contributed by atoms with Crippen molar-refractivity contribution in [3.8, 4) is 0 Å². The summed E-state index contributed by atoms with van der Waals surface area (Å²) >= 11 is 0. The first-order chi connectivity index (χ1) is 12.5. The molecule has 2 amide bonds. The van der Waals surface area contributed by atoms with E-state index in [0.29, 0.717) is 45.8 Å². The minimum absolute atomic E-state index is 0.0162. The minimum atomic E-state index is -0.450. The number of benzene rings is 1. The first-order valence-electron chi connectivity index (χ1n) is 9.50. The van der Waals surface area contributed by atoms with Crippen LogP contribution >= 0.6 is 0 Å². The van der Waals surface area contributed by atoms with Gasteiger partial charge in [0.1, 0.15) is 0 Å². The summed E-state index contributed by atoms with van der Waals surface area (Å²) in [4.78, 5) is 28.8. The normalized spacial score (nSPS) is 20.1. The fourth-order valence-corrected chi connectivity index (χ4v) is 3.66. The number of hydrogen-bond donors (Lipinski definition) is 1. The van der Waals surface area contributed by atoms with Gasteiger partial charge < -0.3 is 20.3 Å². The fourth-order valence-electron chi connectivity index (χ4n) is 3.66. The zero-order valence-electron chi connectivity index (χ0n) is 15.5. The number of piperazine rings is 1. The van der Waals surface area contributed by atoms with Gasteiger partial charge in [-0.1, -0.05) is 29.8 Å². The van der Waals surface area contributed by atoms with Crippen LogP contribution in [0.15, 0.2) is 24.3 Å². The van der Waals surface area contributed by atoms with E-state index in [1.165, 1.54) is 5.56 Å². The van der Waals surface area contributed by atoms with Crippen molar-refractivity contribution in [3.05, 3.63) is 35.4 Å². The third-order valence-corrected chi connectivity index (χ3v) is 5.48. The summed E-state index contributed by atoms with van der Waals surface area (Å²) in [6.07, 6.45) is 2.11. The van der Waals surface area contributed by atoms with Crippen molar-refractivity contribution in [2.24, 2.45) is 11.7 Å². The van der Waals surface area contributed by atoms with Gasteiger partial charge in [0.2, 0.25) is 11.8 Å². The molecule has 2 aliphatic heterocycles. The molecule has 0 radical (unpaired) electrons. The van der Waals surface area contributed by atoms with Gasteiger partial charge in [-0.05, 0) is 31.2 Å². The molecule has 1 aromatic rings. The average molecular weight is 359 g/mol. The van der Waals surface area contributed by atoms with Gasteiger partial charge in [0, 0.05) is 39.4 Å². The van der Waals surface area contributed by atoms with E-state index >= 15 is 0 Å². The van der Waals surface area contributed by atoms with Crippen molar-refractivity contribution in [1.29, 1.82) is 0 Å². The van der Waals surface area contributed by atoms with Crippen LogP contribution in [-0.4, -0.2) is 67.0 Å². The summed E-state index contributed by atoms with van der Waals surface area (Å²) in [5.74, 6) is 0.342. The molecule has 2 heterocycles. The topological polar surface area (TPSA) is 75.9 Å². The van der Waals surface area contributed by atoms with E-state index in [1.54, 1.807) is 0 Å². The van der Waals surface area contributed by atoms with E-state index in [0.717, 1.165) is 18.4 Å². The molecule has 26 heavy (non-hydrogen) atoms. The van der Waals surface area contributed by atoms with Crippen molar-refractivity contribution in [2.45, 2.75) is 32.2 Å². The molecular formula is C20H29N3O3. The predicted octanol–water partition coefficient (Wildman–Crippen LogP) is 0.962. The molecule has 6 nitrogen and oxygen atoms in total. The molecule has 6 heteroatoms. The molecule has 1 unspecified atom stereocenters. The lowest BCUT2D eigenvalue weighted by Gasteiger charge is -2.37. The second-order valence-corrected chi connectivity index (χ2v) is 7.34. The average Bonchev–Trinajstić information content (AvgIpc) is 2.69. The third-order valence-electron chi connectivity index (χ3n) is 5.48. The van der Waals surface area contributed by atoms with E-state index in [-0.39, 0.29) is 17.7 Å². The molecule has 0 aliphatic carbocycles. The highest BCUT2D eigenvalue weighted by Crippen LogP contribution is 2.19. The van der Waals surface area contributed by atoms with Gasteiger partial charge in [0.25, 0.3) is 0 Å². The molecule has 2 N–H and O–H groups in total. The fraction of sp³-hybridized carbons (Fsp3) is 0.600. The maximum absolute atomic E-state index is 12.7. The number of carbonyl (C=O) groups excluding carboxylic acids is 2. The molecule has 2 aliphatic rings. The second kappa shape index (κ2) is 8.64. The van der Waals surface area contributed by atoms with E-state index in [2.05, 4.69) is 0 Å². The van der Waals surface area contributed by atoms with Crippen LogP contribution in [-0.2, 0) is 20.7 Å². The zero-order chi connectivity index (χ0) is 18.5. The summed E-state index contributed by atoms with van der Waals surface area (Å²) in [5, 5.41) is 0. The molecule has 0 saturated carbocycles. The van der Waals surface area contributed by atoms with E-state index in [9.17, 15) is 9.59 Å². The minimum Gasteiger partial charge on any atom is -0.381 e. The number of carbonyl (C=O) groups is 2. The lowest BCUT2D eigenvalue weighted by atomic mass is 9.91. The quantitative estimate of drug-likeness (QED) is 0.869. The summed E-state index contributed by atoms with van der Waals surface area (Å²) < 4.78 is 5.35. The Morgan fingerprint density at radius 3 is 2.27 bits per heavy atom. The SMILES string of the molecule is Cc1ccc(CC(=O)N2CCN(C(=O)C(N)C3CCOCC3)CC2)cc1. The number of nitrogens with zero attached hydrogens (tertiary/aromatic N) is 2. The molecule has 2 saturated heterocycles. The molecule has 3 rings (SSSR count). The number of nitrogens with two attached hydrogens (primary N) is 1. The Morgan fingerprint density at radius 1 is 1.08 bits per heavy atom. The summed E-state index contributed by atoms with van der Waals surface area (Å²) in [6, 6.07) is 7.60. The van der Waals surface area contributed by atoms with Gasteiger partial charge in [-0.25, -0.2) is 0 Å². The lowest BCUT2D eigenvalue weighted by molar-refractivity contribution is -0.141. The van der Waals surface area contributed by atoms with Crippen LogP contribution < -0.4 is 5.73 Å². The predicted molar refractivity (Wildman–Crippen MR) is 99.6 cm³/mol. The molecular weight excluding hydrogens is 330 g/mol. The summed E-state index contributed by atoms with van der Waals surface area (Å²) in [7, 11) is 0. The van der Waals surface area contributed by atoms with Crippen LogP contribution in [0.2, 0.25) is 0 Å². The van der Waals surface area contributed by atoms with Crippen LogP contribution in [0.1, 0.15) is 24.0 Å².